The molecule has 0 spiro atoms. The van der Waals surface area contributed by atoms with Gasteiger partial charge in [-0.2, -0.15) is 0 Å². The van der Waals surface area contributed by atoms with Crippen molar-refractivity contribution < 1.29 is 0 Å². The van der Waals surface area contributed by atoms with Crippen molar-refractivity contribution in [3.8, 4) is 44.9 Å². The van der Waals surface area contributed by atoms with E-state index < -0.39 is 0 Å². The molecule has 0 saturated carbocycles. The molecular formula is C49H29N3. The van der Waals surface area contributed by atoms with Gasteiger partial charge >= 0.3 is 0 Å². The van der Waals surface area contributed by atoms with E-state index in [0.29, 0.717) is 0 Å². The van der Waals surface area contributed by atoms with E-state index in [9.17, 15) is 0 Å². The molecule has 0 unspecified atom stereocenters. The number of aromatic nitrogens is 3. The molecule has 0 aliphatic heterocycles. The van der Waals surface area contributed by atoms with Gasteiger partial charge in [0.05, 0.1) is 27.8 Å². The van der Waals surface area contributed by atoms with Gasteiger partial charge in [-0.25, -0.2) is 0 Å². The zero-order valence-electron chi connectivity index (χ0n) is 28.1. The molecular weight excluding hydrogens is 631 g/mol. The van der Waals surface area contributed by atoms with E-state index in [1.807, 2.05) is 6.20 Å². The number of para-hydroxylation sites is 2. The highest BCUT2D eigenvalue weighted by Crippen LogP contribution is 2.47. The minimum absolute atomic E-state index is 1.07. The highest BCUT2D eigenvalue weighted by Gasteiger charge is 2.24. The van der Waals surface area contributed by atoms with Crippen LogP contribution in [-0.2, 0) is 0 Å². The third-order valence-corrected chi connectivity index (χ3v) is 11.3. The summed E-state index contributed by atoms with van der Waals surface area (Å²) in [7, 11) is 0. The maximum absolute atomic E-state index is 4.87. The molecule has 0 saturated heterocycles. The summed E-state index contributed by atoms with van der Waals surface area (Å²) in [5, 5.41) is 10.0. The van der Waals surface area contributed by atoms with E-state index in [0.717, 1.165) is 11.4 Å². The van der Waals surface area contributed by atoms with Crippen molar-refractivity contribution in [3.63, 3.8) is 0 Å². The number of rotatable bonds is 3. The number of pyridine rings is 1. The molecule has 0 bridgehead atoms. The average molecular weight is 660 g/mol. The first-order chi connectivity index (χ1) is 25.8. The van der Waals surface area contributed by atoms with Crippen LogP contribution in [0, 0.1) is 0 Å². The zero-order chi connectivity index (χ0) is 33.9. The van der Waals surface area contributed by atoms with Crippen LogP contribution >= 0.6 is 0 Å². The Bertz CT molecular complexity index is 3280. The lowest BCUT2D eigenvalue weighted by Gasteiger charge is -2.11. The molecule has 8 aromatic carbocycles. The molecule has 240 valence electrons. The van der Waals surface area contributed by atoms with Crippen molar-refractivity contribution in [2.75, 3.05) is 0 Å². The van der Waals surface area contributed by atoms with Gasteiger partial charge in [0.1, 0.15) is 0 Å². The Balaban J connectivity index is 1.06. The molecule has 12 rings (SSSR count). The largest absolute Gasteiger partial charge is 0.309 e. The smallest absolute Gasteiger partial charge is 0.0793 e. The minimum Gasteiger partial charge on any atom is -0.309 e. The Kier molecular flexibility index (Phi) is 5.50. The van der Waals surface area contributed by atoms with Crippen molar-refractivity contribution in [3.05, 3.63) is 176 Å². The van der Waals surface area contributed by atoms with Gasteiger partial charge in [-0.3, -0.25) is 4.98 Å². The number of hydrogen-bond acceptors (Lipinski definition) is 1. The summed E-state index contributed by atoms with van der Waals surface area (Å²) in [5.74, 6) is 0. The van der Waals surface area contributed by atoms with Crippen LogP contribution in [0.5, 0.6) is 0 Å². The Morgan fingerprint density at radius 3 is 1.94 bits per heavy atom. The van der Waals surface area contributed by atoms with Gasteiger partial charge in [-0.05, 0) is 93.7 Å². The summed E-state index contributed by atoms with van der Waals surface area (Å²) < 4.78 is 4.85. The molecule has 3 heteroatoms. The number of benzene rings is 8. The molecule has 0 fully saturated rings. The van der Waals surface area contributed by atoms with Crippen molar-refractivity contribution in [2.24, 2.45) is 0 Å². The zero-order valence-corrected chi connectivity index (χ0v) is 28.1. The van der Waals surface area contributed by atoms with Crippen LogP contribution in [0.25, 0.3) is 110 Å². The quantitative estimate of drug-likeness (QED) is 0.185. The van der Waals surface area contributed by atoms with Crippen LogP contribution in [0.15, 0.2) is 176 Å². The fourth-order valence-corrected chi connectivity index (χ4v) is 9.00. The Labute approximate surface area is 299 Å². The first-order valence-electron chi connectivity index (χ1n) is 17.9. The van der Waals surface area contributed by atoms with Crippen LogP contribution in [0.3, 0.4) is 0 Å². The van der Waals surface area contributed by atoms with Crippen molar-refractivity contribution in [2.45, 2.75) is 0 Å². The lowest BCUT2D eigenvalue weighted by atomic mass is 10.00. The Morgan fingerprint density at radius 2 is 1.08 bits per heavy atom. The summed E-state index contributed by atoms with van der Waals surface area (Å²) in [6.45, 7) is 0. The van der Waals surface area contributed by atoms with Crippen LogP contribution in [0.4, 0.5) is 0 Å². The lowest BCUT2D eigenvalue weighted by molar-refractivity contribution is 1.18. The maximum atomic E-state index is 4.87. The first-order valence-corrected chi connectivity index (χ1v) is 17.9. The molecule has 3 heterocycles. The summed E-state index contributed by atoms with van der Waals surface area (Å²) in [5.41, 5.74) is 14.4. The van der Waals surface area contributed by atoms with Crippen LogP contribution < -0.4 is 0 Å². The van der Waals surface area contributed by atoms with Gasteiger partial charge < -0.3 is 9.13 Å². The van der Waals surface area contributed by atoms with Crippen LogP contribution in [0.2, 0.25) is 0 Å². The van der Waals surface area contributed by atoms with Gasteiger partial charge in [-0.15, -0.1) is 0 Å². The Hall–Kier alpha value is -6.97. The molecule has 1 aliphatic carbocycles. The second-order valence-corrected chi connectivity index (χ2v) is 14.0. The third-order valence-electron chi connectivity index (χ3n) is 11.3. The number of nitrogens with zero attached hydrogens (tertiary/aromatic N) is 3. The van der Waals surface area contributed by atoms with Crippen molar-refractivity contribution >= 4 is 65.2 Å². The summed E-state index contributed by atoms with van der Waals surface area (Å²) in [6.07, 6.45) is 1.93. The van der Waals surface area contributed by atoms with Crippen molar-refractivity contribution in [1.29, 1.82) is 0 Å². The standard InChI is InChI=1S/C49H29N3/c1-2-11-34(12-3-1)52-46-24-19-33(28-42(46)40-21-17-30-9-4-5-13-36(30)49(40)52)32-18-23-45-41(27-32)38-14-6-7-16-44(38)51(45)35-20-22-37-39-15-8-10-31-25-26-50-48(47(31)39)43(37)29-35/h1-29H. The van der Waals surface area contributed by atoms with Gasteiger partial charge in [0, 0.05) is 55.5 Å². The van der Waals surface area contributed by atoms with E-state index >= 15 is 0 Å². The highest BCUT2D eigenvalue weighted by molar-refractivity contribution is 6.20. The molecule has 0 amide bonds. The van der Waals surface area contributed by atoms with E-state index in [1.165, 1.54) is 98.7 Å². The molecule has 0 N–H and O–H groups in total. The minimum atomic E-state index is 1.07. The molecule has 3 nitrogen and oxygen atoms in total. The molecule has 0 radical (unpaired) electrons. The number of hydrogen-bond donors (Lipinski definition) is 0. The average Bonchev–Trinajstić information content (AvgIpc) is 3.84. The summed E-state index contributed by atoms with van der Waals surface area (Å²) >= 11 is 0. The molecule has 52 heavy (non-hydrogen) atoms. The highest BCUT2D eigenvalue weighted by atomic mass is 15.0. The lowest BCUT2D eigenvalue weighted by Crippen LogP contribution is -1.95. The normalized spacial score (nSPS) is 12.2. The second-order valence-electron chi connectivity index (χ2n) is 14.0. The summed E-state index contributed by atoms with van der Waals surface area (Å²) in [4.78, 5) is 4.87. The molecule has 11 aromatic rings. The van der Waals surface area contributed by atoms with Gasteiger partial charge in [-0.1, -0.05) is 109 Å². The monoisotopic (exact) mass is 659 g/mol. The van der Waals surface area contributed by atoms with Gasteiger partial charge in [0.15, 0.2) is 0 Å². The van der Waals surface area contributed by atoms with Crippen molar-refractivity contribution in [1.82, 2.24) is 14.1 Å². The third kappa shape index (κ3) is 3.72. The Morgan fingerprint density at radius 1 is 0.365 bits per heavy atom. The predicted molar refractivity (Wildman–Crippen MR) is 218 cm³/mol. The first kappa shape index (κ1) is 27.8. The molecule has 3 aromatic heterocycles. The fourth-order valence-electron chi connectivity index (χ4n) is 9.00. The summed E-state index contributed by atoms with van der Waals surface area (Å²) in [6, 6.07) is 62.3. The second kappa shape index (κ2) is 10.3. The van der Waals surface area contributed by atoms with E-state index in [-0.39, 0.29) is 0 Å². The van der Waals surface area contributed by atoms with E-state index in [2.05, 4.69) is 179 Å². The van der Waals surface area contributed by atoms with Crippen LogP contribution in [-0.4, -0.2) is 14.1 Å². The topological polar surface area (TPSA) is 22.8 Å². The maximum Gasteiger partial charge on any atom is 0.0793 e. The van der Waals surface area contributed by atoms with Gasteiger partial charge in [0.25, 0.3) is 0 Å². The van der Waals surface area contributed by atoms with E-state index in [4.69, 9.17) is 4.98 Å². The molecule has 0 atom stereocenters. The predicted octanol–water partition coefficient (Wildman–Crippen LogP) is 12.9. The van der Waals surface area contributed by atoms with Crippen LogP contribution in [0.1, 0.15) is 0 Å². The van der Waals surface area contributed by atoms with E-state index in [1.54, 1.807) is 0 Å². The van der Waals surface area contributed by atoms with Gasteiger partial charge in [0.2, 0.25) is 0 Å². The fraction of sp³-hybridized carbons (Fsp3) is 0. The number of fused-ring (bicyclic) bond motifs is 11. The molecule has 1 aliphatic rings. The SMILES string of the molecule is c1ccc(-n2c3ccc(-c4ccc5c(c4)c4ccccc4n5-c4ccc5c(c4)-c4nccc6cccc-5c46)cc3c3ccc4ccccc4c32)cc1.